The molecule has 1 aromatic heterocycles. The lowest BCUT2D eigenvalue weighted by atomic mass is 10.1. The van der Waals surface area contributed by atoms with Gasteiger partial charge in [0.1, 0.15) is 5.69 Å². The Labute approximate surface area is 137 Å². The average Bonchev–Trinajstić information content (AvgIpc) is 2.80. The molecule has 2 unspecified atom stereocenters. The fraction of sp³-hybridized carbons (Fsp3) is 0.588. The van der Waals surface area contributed by atoms with Crippen LogP contribution in [0, 0.1) is 0 Å². The highest BCUT2D eigenvalue weighted by molar-refractivity contribution is 5.98. The second kappa shape index (κ2) is 7.08. The van der Waals surface area contributed by atoms with Crippen molar-refractivity contribution in [3.63, 3.8) is 0 Å². The standard InChI is InChI=1S/C17H25N5O/c1-12-13(2)22(17(20-12)15-6-3-4-8-19-15)9-5-7-16(23)21-14-10-18-11-14/h3-4,6,8,12-14,18H,5,7,9-11H2,1-2H3,(H,21,23). The van der Waals surface area contributed by atoms with Gasteiger partial charge in [-0.25, -0.2) is 0 Å². The SMILES string of the molecule is CC1N=C(c2ccccn2)N(CCCC(=O)NC2CNC2)C1C. The van der Waals surface area contributed by atoms with Crippen LogP contribution >= 0.6 is 0 Å². The summed E-state index contributed by atoms with van der Waals surface area (Å²) in [6, 6.07) is 6.80. The summed E-state index contributed by atoms with van der Waals surface area (Å²) in [4.78, 5) is 23.4. The lowest BCUT2D eigenvalue weighted by Crippen LogP contribution is -2.56. The van der Waals surface area contributed by atoms with Gasteiger partial charge in [-0.05, 0) is 32.4 Å². The Hall–Kier alpha value is -1.95. The molecule has 0 aromatic carbocycles. The first kappa shape index (κ1) is 15.9. The molecule has 2 aliphatic rings. The Balaban J connectivity index is 1.54. The molecule has 2 aliphatic heterocycles. The number of nitrogens with zero attached hydrogens (tertiary/aromatic N) is 3. The van der Waals surface area contributed by atoms with Crippen molar-refractivity contribution in [2.45, 2.75) is 44.8 Å². The number of hydrogen-bond donors (Lipinski definition) is 2. The molecule has 2 atom stereocenters. The normalized spacial score (nSPS) is 24.3. The van der Waals surface area contributed by atoms with Crippen molar-refractivity contribution in [1.29, 1.82) is 0 Å². The van der Waals surface area contributed by atoms with Crippen LogP contribution in [0.5, 0.6) is 0 Å². The van der Waals surface area contributed by atoms with E-state index in [-0.39, 0.29) is 11.9 Å². The number of nitrogens with one attached hydrogen (secondary N) is 2. The highest BCUT2D eigenvalue weighted by Crippen LogP contribution is 2.21. The quantitative estimate of drug-likeness (QED) is 0.814. The van der Waals surface area contributed by atoms with E-state index < -0.39 is 0 Å². The molecule has 6 nitrogen and oxygen atoms in total. The van der Waals surface area contributed by atoms with Crippen molar-refractivity contribution in [1.82, 2.24) is 20.5 Å². The van der Waals surface area contributed by atoms with Crippen molar-refractivity contribution >= 4 is 11.7 Å². The summed E-state index contributed by atoms with van der Waals surface area (Å²) in [5, 5.41) is 6.20. The Bertz CT molecular complexity index is 570. The van der Waals surface area contributed by atoms with Gasteiger partial charge >= 0.3 is 0 Å². The van der Waals surface area contributed by atoms with Crippen LogP contribution in [-0.2, 0) is 4.79 Å². The van der Waals surface area contributed by atoms with Crippen LogP contribution in [0.1, 0.15) is 32.4 Å². The van der Waals surface area contributed by atoms with Crippen molar-refractivity contribution in [3.05, 3.63) is 30.1 Å². The molecule has 2 N–H and O–H groups in total. The van der Waals surface area contributed by atoms with Gasteiger partial charge in [-0.2, -0.15) is 0 Å². The molecule has 0 aliphatic carbocycles. The first-order chi connectivity index (χ1) is 11.1. The van der Waals surface area contributed by atoms with Crippen LogP contribution in [0.3, 0.4) is 0 Å². The van der Waals surface area contributed by atoms with Crippen molar-refractivity contribution in [2.24, 2.45) is 4.99 Å². The highest BCUT2D eigenvalue weighted by atomic mass is 16.1. The van der Waals surface area contributed by atoms with Crippen LogP contribution < -0.4 is 10.6 Å². The minimum atomic E-state index is 0.146. The molecule has 0 bridgehead atoms. The zero-order valence-corrected chi connectivity index (χ0v) is 13.8. The number of hydrogen-bond acceptors (Lipinski definition) is 5. The van der Waals surface area contributed by atoms with E-state index in [1.54, 1.807) is 6.20 Å². The van der Waals surface area contributed by atoms with E-state index in [0.717, 1.165) is 37.6 Å². The Morgan fingerprint density at radius 2 is 2.22 bits per heavy atom. The molecule has 124 valence electrons. The zero-order chi connectivity index (χ0) is 16.2. The predicted octanol–water partition coefficient (Wildman–Crippen LogP) is 0.789. The summed E-state index contributed by atoms with van der Waals surface area (Å²) < 4.78 is 0. The number of pyridine rings is 1. The van der Waals surface area contributed by atoms with Crippen LogP contribution in [0.2, 0.25) is 0 Å². The maximum absolute atomic E-state index is 11.9. The largest absolute Gasteiger partial charge is 0.351 e. The molecular weight excluding hydrogens is 290 g/mol. The number of amidine groups is 1. The summed E-state index contributed by atoms with van der Waals surface area (Å²) >= 11 is 0. The van der Waals surface area contributed by atoms with E-state index in [1.807, 2.05) is 18.2 Å². The van der Waals surface area contributed by atoms with E-state index in [1.165, 1.54) is 0 Å². The van der Waals surface area contributed by atoms with E-state index in [9.17, 15) is 4.79 Å². The molecule has 0 radical (unpaired) electrons. The molecule has 1 saturated heterocycles. The van der Waals surface area contributed by atoms with Crippen molar-refractivity contribution < 1.29 is 4.79 Å². The zero-order valence-electron chi connectivity index (χ0n) is 13.8. The summed E-state index contributed by atoms with van der Waals surface area (Å²) in [5.74, 6) is 1.10. The molecule has 3 heterocycles. The van der Waals surface area contributed by atoms with Gasteiger partial charge in [-0.3, -0.25) is 14.8 Å². The maximum Gasteiger partial charge on any atom is 0.220 e. The molecule has 23 heavy (non-hydrogen) atoms. The second-order valence-electron chi connectivity index (χ2n) is 6.37. The van der Waals surface area contributed by atoms with Gasteiger partial charge in [0.15, 0.2) is 5.84 Å². The van der Waals surface area contributed by atoms with Crippen LogP contribution in [0.15, 0.2) is 29.4 Å². The summed E-state index contributed by atoms with van der Waals surface area (Å²) in [6.45, 7) is 6.93. The third-order valence-corrected chi connectivity index (χ3v) is 4.63. The van der Waals surface area contributed by atoms with E-state index >= 15 is 0 Å². The minimum absolute atomic E-state index is 0.146. The molecule has 1 amide bonds. The fourth-order valence-electron chi connectivity index (χ4n) is 2.95. The molecule has 1 fully saturated rings. The van der Waals surface area contributed by atoms with Crippen LogP contribution in [-0.4, -0.2) is 59.4 Å². The van der Waals surface area contributed by atoms with Crippen LogP contribution in [0.4, 0.5) is 0 Å². The Kier molecular flexibility index (Phi) is 4.91. The molecule has 1 aromatic rings. The first-order valence-electron chi connectivity index (χ1n) is 8.41. The first-order valence-corrected chi connectivity index (χ1v) is 8.41. The van der Waals surface area contributed by atoms with Gasteiger partial charge in [-0.15, -0.1) is 0 Å². The average molecular weight is 315 g/mol. The second-order valence-corrected chi connectivity index (χ2v) is 6.37. The number of carbonyl (C=O) groups is 1. The van der Waals surface area contributed by atoms with Gasteiger partial charge in [0.25, 0.3) is 0 Å². The number of aromatic nitrogens is 1. The van der Waals surface area contributed by atoms with E-state index in [2.05, 4.69) is 34.4 Å². The Morgan fingerprint density at radius 1 is 1.39 bits per heavy atom. The lowest BCUT2D eigenvalue weighted by Gasteiger charge is -2.29. The maximum atomic E-state index is 11.9. The summed E-state index contributed by atoms with van der Waals surface area (Å²) in [5.41, 5.74) is 0.911. The van der Waals surface area contributed by atoms with Gasteiger partial charge in [-0.1, -0.05) is 6.07 Å². The predicted molar refractivity (Wildman–Crippen MR) is 90.4 cm³/mol. The number of amides is 1. The van der Waals surface area contributed by atoms with Crippen LogP contribution in [0.25, 0.3) is 0 Å². The summed E-state index contributed by atoms with van der Waals surface area (Å²) in [7, 11) is 0. The number of carbonyl (C=O) groups excluding carboxylic acids is 1. The fourth-order valence-corrected chi connectivity index (χ4v) is 2.95. The van der Waals surface area contributed by atoms with Crippen molar-refractivity contribution in [2.75, 3.05) is 19.6 Å². The molecule has 0 spiro atoms. The molecular formula is C17H25N5O. The molecule has 6 heteroatoms. The molecule has 3 rings (SSSR count). The minimum Gasteiger partial charge on any atom is -0.351 e. The van der Waals surface area contributed by atoms with Gasteiger partial charge < -0.3 is 15.5 Å². The topological polar surface area (TPSA) is 69.6 Å². The van der Waals surface area contributed by atoms with Gasteiger partial charge in [0.2, 0.25) is 5.91 Å². The number of aliphatic imine (C=N–C) groups is 1. The smallest absolute Gasteiger partial charge is 0.220 e. The van der Waals surface area contributed by atoms with Gasteiger partial charge in [0, 0.05) is 38.3 Å². The summed E-state index contributed by atoms with van der Waals surface area (Å²) in [6.07, 6.45) is 3.18. The number of rotatable bonds is 6. The van der Waals surface area contributed by atoms with Crippen molar-refractivity contribution in [3.8, 4) is 0 Å². The van der Waals surface area contributed by atoms with E-state index in [4.69, 9.17) is 4.99 Å². The third kappa shape index (κ3) is 3.69. The Morgan fingerprint density at radius 3 is 2.87 bits per heavy atom. The van der Waals surface area contributed by atoms with E-state index in [0.29, 0.717) is 18.5 Å². The monoisotopic (exact) mass is 315 g/mol. The molecule has 0 saturated carbocycles. The lowest BCUT2D eigenvalue weighted by molar-refractivity contribution is -0.122. The van der Waals surface area contributed by atoms with Gasteiger partial charge in [0.05, 0.1) is 12.1 Å². The third-order valence-electron chi connectivity index (χ3n) is 4.63. The highest BCUT2D eigenvalue weighted by Gasteiger charge is 2.31.